The zero-order valence-electron chi connectivity index (χ0n) is 13.7. The molecule has 0 heterocycles. The van der Waals surface area contributed by atoms with Crippen LogP contribution in [0.15, 0.2) is 53.4 Å². The third-order valence-electron chi connectivity index (χ3n) is 3.57. The summed E-state index contributed by atoms with van der Waals surface area (Å²) in [5.74, 6) is -0.446. The van der Waals surface area contributed by atoms with E-state index in [0.29, 0.717) is 0 Å². The SMILES string of the molecule is CC(NS(=O)(=O)c1cc(Cl)ccc1Cl)C(=O)NC(C)c1ccccc1. The van der Waals surface area contributed by atoms with Gasteiger partial charge in [0.25, 0.3) is 0 Å². The van der Waals surface area contributed by atoms with Crippen LogP contribution in [0.2, 0.25) is 10.0 Å². The second-order valence-electron chi connectivity index (χ2n) is 5.56. The molecule has 2 aromatic rings. The number of rotatable bonds is 6. The van der Waals surface area contributed by atoms with E-state index in [1.807, 2.05) is 37.3 Å². The molecule has 0 aliphatic rings. The highest BCUT2D eigenvalue weighted by atomic mass is 35.5. The molecule has 2 rings (SSSR count). The number of hydrogen-bond acceptors (Lipinski definition) is 3. The zero-order chi connectivity index (χ0) is 18.6. The van der Waals surface area contributed by atoms with E-state index < -0.39 is 22.0 Å². The molecule has 2 aromatic carbocycles. The molecule has 0 aliphatic carbocycles. The second-order valence-corrected chi connectivity index (χ2v) is 8.08. The van der Waals surface area contributed by atoms with Gasteiger partial charge in [-0.05, 0) is 37.6 Å². The molecule has 0 saturated carbocycles. The maximum Gasteiger partial charge on any atom is 0.242 e. The van der Waals surface area contributed by atoms with Crippen molar-refractivity contribution >= 4 is 39.1 Å². The monoisotopic (exact) mass is 400 g/mol. The lowest BCUT2D eigenvalue weighted by Gasteiger charge is -2.19. The quantitative estimate of drug-likeness (QED) is 0.778. The molecule has 2 atom stereocenters. The van der Waals surface area contributed by atoms with Gasteiger partial charge in [0.1, 0.15) is 4.90 Å². The van der Waals surface area contributed by atoms with Crippen molar-refractivity contribution in [1.82, 2.24) is 10.0 Å². The lowest BCUT2D eigenvalue weighted by molar-refractivity contribution is -0.123. The minimum absolute atomic E-state index is 0.0298. The van der Waals surface area contributed by atoms with Crippen molar-refractivity contribution in [1.29, 1.82) is 0 Å². The fraction of sp³-hybridized carbons (Fsp3) is 0.235. The van der Waals surface area contributed by atoms with Gasteiger partial charge < -0.3 is 5.32 Å². The van der Waals surface area contributed by atoms with Crippen LogP contribution < -0.4 is 10.0 Å². The number of sulfonamides is 1. The van der Waals surface area contributed by atoms with Crippen LogP contribution in [0.3, 0.4) is 0 Å². The Bertz CT molecular complexity index is 857. The largest absolute Gasteiger partial charge is 0.348 e. The number of amides is 1. The van der Waals surface area contributed by atoms with Gasteiger partial charge in [0, 0.05) is 5.02 Å². The number of carbonyl (C=O) groups excluding carboxylic acids is 1. The van der Waals surface area contributed by atoms with Crippen LogP contribution in [0.4, 0.5) is 0 Å². The average Bonchev–Trinajstić information content (AvgIpc) is 2.57. The van der Waals surface area contributed by atoms with Crippen LogP contribution in [-0.4, -0.2) is 20.4 Å². The van der Waals surface area contributed by atoms with E-state index in [9.17, 15) is 13.2 Å². The van der Waals surface area contributed by atoms with E-state index >= 15 is 0 Å². The summed E-state index contributed by atoms with van der Waals surface area (Å²) in [6.45, 7) is 3.28. The molecule has 5 nitrogen and oxygen atoms in total. The number of hydrogen-bond donors (Lipinski definition) is 2. The van der Waals surface area contributed by atoms with Crippen molar-refractivity contribution in [2.45, 2.75) is 30.8 Å². The number of benzene rings is 2. The predicted octanol–water partition coefficient (Wildman–Crippen LogP) is 3.54. The molecule has 25 heavy (non-hydrogen) atoms. The maximum atomic E-state index is 12.4. The highest BCUT2D eigenvalue weighted by Gasteiger charge is 2.25. The van der Waals surface area contributed by atoms with Gasteiger partial charge in [-0.2, -0.15) is 4.72 Å². The third-order valence-corrected chi connectivity index (χ3v) is 5.82. The minimum atomic E-state index is -3.99. The lowest BCUT2D eigenvalue weighted by atomic mass is 10.1. The van der Waals surface area contributed by atoms with Crippen molar-refractivity contribution in [3.63, 3.8) is 0 Å². The van der Waals surface area contributed by atoms with Crippen LogP contribution >= 0.6 is 23.2 Å². The molecule has 0 saturated heterocycles. The summed E-state index contributed by atoms with van der Waals surface area (Å²) < 4.78 is 27.2. The first-order valence-electron chi connectivity index (χ1n) is 7.53. The fourth-order valence-corrected chi connectivity index (χ4v) is 4.16. The van der Waals surface area contributed by atoms with Crippen LogP contribution in [0.5, 0.6) is 0 Å². The van der Waals surface area contributed by atoms with Gasteiger partial charge >= 0.3 is 0 Å². The predicted molar refractivity (Wildman–Crippen MR) is 99.2 cm³/mol. The number of halogens is 2. The minimum Gasteiger partial charge on any atom is -0.348 e. The van der Waals surface area contributed by atoms with Gasteiger partial charge in [-0.15, -0.1) is 0 Å². The van der Waals surface area contributed by atoms with Crippen LogP contribution in [0.1, 0.15) is 25.5 Å². The Kier molecular flexibility index (Phi) is 6.46. The third kappa shape index (κ3) is 5.19. The van der Waals surface area contributed by atoms with Crippen LogP contribution in [-0.2, 0) is 14.8 Å². The van der Waals surface area contributed by atoms with Gasteiger partial charge in [0.15, 0.2) is 0 Å². The standard InChI is InChI=1S/C17H18Cl2N2O3S/c1-11(13-6-4-3-5-7-13)20-17(22)12(2)21-25(23,24)16-10-14(18)8-9-15(16)19/h3-12,21H,1-2H3,(H,20,22). The summed E-state index contributed by atoms with van der Waals surface area (Å²) in [6, 6.07) is 12.3. The van der Waals surface area contributed by atoms with E-state index in [1.54, 1.807) is 0 Å². The highest BCUT2D eigenvalue weighted by Crippen LogP contribution is 2.25. The summed E-state index contributed by atoms with van der Waals surface area (Å²) in [5, 5.41) is 3.04. The first-order valence-corrected chi connectivity index (χ1v) is 9.77. The first kappa shape index (κ1) is 19.7. The van der Waals surface area contributed by atoms with Crippen molar-refractivity contribution in [2.24, 2.45) is 0 Å². The molecule has 2 N–H and O–H groups in total. The molecule has 0 aromatic heterocycles. The molecular weight excluding hydrogens is 383 g/mol. The molecule has 0 bridgehead atoms. The molecule has 0 fully saturated rings. The molecular formula is C17H18Cl2N2O3S. The van der Waals surface area contributed by atoms with E-state index in [1.165, 1.54) is 25.1 Å². The van der Waals surface area contributed by atoms with E-state index in [2.05, 4.69) is 10.0 Å². The van der Waals surface area contributed by atoms with Gasteiger partial charge in [-0.25, -0.2) is 8.42 Å². The van der Waals surface area contributed by atoms with Gasteiger partial charge in [-0.3, -0.25) is 4.79 Å². The Morgan fingerprint density at radius 2 is 1.68 bits per heavy atom. The fourth-order valence-electron chi connectivity index (χ4n) is 2.20. The van der Waals surface area contributed by atoms with Crippen molar-refractivity contribution < 1.29 is 13.2 Å². The maximum absolute atomic E-state index is 12.4. The first-order chi connectivity index (χ1) is 11.7. The Hall–Kier alpha value is -1.60. The topological polar surface area (TPSA) is 75.3 Å². The summed E-state index contributed by atoms with van der Waals surface area (Å²) in [5.41, 5.74) is 0.920. The van der Waals surface area contributed by atoms with E-state index in [4.69, 9.17) is 23.2 Å². The summed E-state index contributed by atoms with van der Waals surface area (Å²) in [7, 11) is -3.99. The smallest absolute Gasteiger partial charge is 0.242 e. The van der Waals surface area contributed by atoms with Crippen molar-refractivity contribution in [3.8, 4) is 0 Å². The number of carbonyl (C=O) groups is 1. The second kappa shape index (κ2) is 8.19. The molecule has 0 aliphatic heterocycles. The Morgan fingerprint density at radius 3 is 2.32 bits per heavy atom. The summed E-state index contributed by atoms with van der Waals surface area (Å²) in [6.07, 6.45) is 0. The average molecular weight is 401 g/mol. The Balaban J connectivity index is 2.08. The van der Waals surface area contributed by atoms with Gasteiger partial charge in [0.05, 0.1) is 17.1 Å². The molecule has 0 spiro atoms. The molecule has 8 heteroatoms. The van der Waals surface area contributed by atoms with Crippen molar-refractivity contribution in [3.05, 3.63) is 64.1 Å². The summed E-state index contributed by atoms with van der Waals surface area (Å²) >= 11 is 11.8. The van der Waals surface area contributed by atoms with Gasteiger partial charge in [-0.1, -0.05) is 53.5 Å². The van der Waals surface area contributed by atoms with E-state index in [0.717, 1.165) is 5.56 Å². The highest BCUT2D eigenvalue weighted by molar-refractivity contribution is 7.89. The molecule has 2 unspecified atom stereocenters. The summed E-state index contributed by atoms with van der Waals surface area (Å²) in [4.78, 5) is 12.1. The Morgan fingerprint density at radius 1 is 1.04 bits per heavy atom. The molecule has 0 radical (unpaired) electrons. The zero-order valence-corrected chi connectivity index (χ0v) is 16.0. The van der Waals surface area contributed by atoms with Gasteiger partial charge in [0.2, 0.25) is 15.9 Å². The number of nitrogens with one attached hydrogen (secondary N) is 2. The van der Waals surface area contributed by atoms with Crippen LogP contribution in [0, 0.1) is 0 Å². The van der Waals surface area contributed by atoms with Crippen LogP contribution in [0.25, 0.3) is 0 Å². The Labute approximate surface area is 157 Å². The molecule has 1 amide bonds. The van der Waals surface area contributed by atoms with Crippen molar-refractivity contribution in [2.75, 3.05) is 0 Å². The lowest BCUT2D eigenvalue weighted by Crippen LogP contribution is -2.45. The normalized spacial score (nSPS) is 13.9. The molecule has 134 valence electrons. The van der Waals surface area contributed by atoms with E-state index in [-0.39, 0.29) is 21.0 Å².